The molecule has 0 bridgehead atoms. The Morgan fingerprint density at radius 1 is 0.582 bits per heavy atom. The highest BCUT2D eigenvalue weighted by Crippen LogP contribution is 2.56. The van der Waals surface area contributed by atoms with Crippen molar-refractivity contribution in [1.29, 1.82) is 0 Å². The van der Waals surface area contributed by atoms with Crippen LogP contribution in [0.3, 0.4) is 0 Å². The zero-order chi connectivity index (χ0) is 38.0. The van der Waals surface area contributed by atoms with Crippen LogP contribution >= 0.6 is 11.3 Å². The topological polar surface area (TPSA) is 6.48 Å². The lowest BCUT2D eigenvalue weighted by Gasteiger charge is -2.51. The predicted molar refractivity (Wildman–Crippen MR) is 239 cm³/mol. The van der Waals surface area contributed by atoms with Crippen molar-refractivity contribution in [2.75, 3.05) is 9.71 Å². The van der Waals surface area contributed by atoms with E-state index in [-0.39, 0.29) is 28.5 Å². The summed E-state index contributed by atoms with van der Waals surface area (Å²) < 4.78 is 2.70. The number of fused-ring (bicyclic) bond motifs is 10. The average Bonchev–Trinajstić information content (AvgIpc) is 3.52. The highest BCUT2D eigenvalue weighted by atomic mass is 32.1. The van der Waals surface area contributed by atoms with Gasteiger partial charge in [-0.1, -0.05) is 129 Å². The molecule has 1 aromatic heterocycles. The van der Waals surface area contributed by atoms with Crippen LogP contribution in [0.25, 0.3) is 31.3 Å². The number of anilines is 5. The van der Waals surface area contributed by atoms with Gasteiger partial charge in [0.25, 0.3) is 0 Å². The van der Waals surface area contributed by atoms with Crippen molar-refractivity contribution in [3.05, 3.63) is 137 Å². The van der Waals surface area contributed by atoms with Crippen LogP contribution in [0, 0.1) is 0 Å². The van der Waals surface area contributed by atoms with Gasteiger partial charge in [-0.3, -0.25) is 0 Å². The fraction of sp³-hybridized carbons (Fsp3) is 0.294. The number of para-hydroxylation sites is 2. The Kier molecular flexibility index (Phi) is 6.55. The lowest BCUT2D eigenvalue weighted by atomic mass is 9.42. The van der Waals surface area contributed by atoms with E-state index in [2.05, 4.69) is 181 Å². The molecule has 6 aromatic carbocycles. The summed E-state index contributed by atoms with van der Waals surface area (Å²) in [4.78, 5) is 5.40. The van der Waals surface area contributed by atoms with Gasteiger partial charge in [-0.15, -0.1) is 11.3 Å². The van der Waals surface area contributed by atoms with Gasteiger partial charge in [-0.05, 0) is 116 Å². The second kappa shape index (κ2) is 10.7. The number of rotatable bonds is 1. The van der Waals surface area contributed by atoms with Gasteiger partial charge in [0.1, 0.15) is 0 Å². The maximum Gasteiger partial charge on any atom is 0.333 e. The summed E-state index contributed by atoms with van der Waals surface area (Å²) in [5, 5.41) is 2.70. The Morgan fingerprint density at radius 3 is 2.11 bits per heavy atom. The minimum atomic E-state index is -0.152. The molecule has 0 amide bonds. The van der Waals surface area contributed by atoms with Crippen LogP contribution in [-0.4, -0.2) is 6.85 Å². The van der Waals surface area contributed by atoms with Gasteiger partial charge in [0, 0.05) is 53.9 Å². The second-order valence-corrected chi connectivity index (χ2v) is 20.7. The van der Waals surface area contributed by atoms with Crippen molar-refractivity contribution >= 4 is 77.7 Å². The molecule has 1 aliphatic carbocycles. The third-order valence-corrected chi connectivity index (χ3v) is 15.2. The molecule has 0 saturated heterocycles. The molecule has 55 heavy (non-hydrogen) atoms. The first-order valence-electron chi connectivity index (χ1n) is 20.3. The number of hydrogen-bond donors (Lipinski definition) is 0. The molecule has 0 unspecified atom stereocenters. The van der Waals surface area contributed by atoms with Crippen LogP contribution in [0.2, 0.25) is 0 Å². The number of hydrogen-bond acceptors (Lipinski definition) is 3. The minimum absolute atomic E-state index is 0.00102. The van der Waals surface area contributed by atoms with E-state index in [1.807, 2.05) is 11.3 Å². The van der Waals surface area contributed by atoms with Gasteiger partial charge in [-0.2, -0.15) is 0 Å². The fourth-order valence-corrected chi connectivity index (χ4v) is 11.9. The Morgan fingerprint density at radius 2 is 1.31 bits per heavy atom. The lowest BCUT2D eigenvalue weighted by molar-refractivity contribution is 0.332. The zero-order valence-corrected chi connectivity index (χ0v) is 34.5. The molecule has 0 N–H and O–H groups in total. The van der Waals surface area contributed by atoms with E-state index in [1.54, 1.807) is 0 Å². The van der Waals surface area contributed by atoms with Crippen molar-refractivity contribution in [2.24, 2.45) is 0 Å². The molecule has 4 aliphatic rings. The molecule has 0 radical (unpaired) electrons. The van der Waals surface area contributed by atoms with Crippen LogP contribution in [0.4, 0.5) is 28.4 Å². The molecule has 0 saturated carbocycles. The summed E-state index contributed by atoms with van der Waals surface area (Å²) >= 11 is 1.93. The van der Waals surface area contributed by atoms with Gasteiger partial charge in [0.15, 0.2) is 0 Å². The molecular weight excluding hydrogens is 683 g/mol. The Balaban J connectivity index is 1.30. The fourth-order valence-electron chi connectivity index (χ4n) is 10.8. The summed E-state index contributed by atoms with van der Waals surface area (Å²) in [6.07, 6.45) is 2.40. The maximum absolute atomic E-state index is 2.75. The standard InChI is InChI=1S/C51H49BN2S/c1-48(2,3)30-25-35-33-29-45-34(32-15-10-13-20-44(32)55-45)28-42(33)54(31-21-22-36-39(27-31)50(6,7)24-23-49(36,4)5)52-40-18-14-17-38-47(40)53(43(26-30)46(35)52)41-19-12-11-16-37(41)51(38,8)9/h10-22,25-29H,23-24H2,1-9H3. The van der Waals surface area contributed by atoms with Crippen LogP contribution in [-0.2, 0) is 21.7 Å². The van der Waals surface area contributed by atoms with Crippen molar-refractivity contribution in [3.8, 4) is 11.1 Å². The number of nitrogens with zero attached hydrogens (tertiary/aromatic N) is 2. The lowest BCUT2D eigenvalue weighted by Crippen LogP contribution is -2.62. The monoisotopic (exact) mass is 732 g/mol. The van der Waals surface area contributed by atoms with E-state index in [4.69, 9.17) is 0 Å². The third-order valence-electron chi connectivity index (χ3n) is 14.0. The average molecular weight is 733 g/mol. The summed E-state index contributed by atoms with van der Waals surface area (Å²) in [7, 11) is 0. The third kappa shape index (κ3) is 4.44. The van der Waals surface area contributed by atoms with Crippen LogP contribution in [0.1, 0.15) is 103 Å². The Hall–Kier alpha value is -4.80. The van der Waals surface area contributed by atoms with Crippen LogP contribution in [0.5, 0.6) is 0 Å². The second-order valence-electron chi connectivity index (χ2n) is 19.7. The van der Waals surface area contributed by atoms with Gasteiger partial charge < -0.3 is 9.71 Å². The molecule has 272 valence electrons. The highest BCUT2D eigenvalue weighted by Gasteiger charge is 2.50. The van der Waals surface area contributed by atoms with E-state index in [1.165, 1.54) is 111 Å². The quantitative estimate of drug-likeness (QED) is 0.155. The van der Waals surface area contributed by atoms with Crippen LogP contribution in [0.15, 0.2) is 109 Å². The molecule has 0 spiro atoms. The maximum atomic E-state index is 2.75. The molecule has 3 aliphatic heterocycles. The zero-order valence-electron chi connectivity index (χ0n) is 33.7. The van der Waals surface area contributed by atoms with Crippen molar-refractivity contribution in [2.45, 2.75) is 96.8 Å². The molecule has 11 rings (SSSR count). The van der Waals surface area contributed by atoms with Gasteiger partial charge >= 0.3 is 6.85 Å². The number of benzene rings is 6. The van der Waals surface area contributed by atoms with Crippen molar-refractivity contribution in [1.82, 2.24) is 0 Å². The molecule has 2 nitrogen and oxygen atoms in total. The van der Waals surface area contributed by atoms with E-state index in [9.17, 15) is 0 Å². The molecule has 0 fully saturated rings. The summed E-state index contributed by atoms with van der Waals surface area (Å²) in [6.45, 7) is 21.8. The number of thiophene rings is 1. The molecule has 4 heteroatoms. The molecule has 0 atom stereocenters. The Bertz CT molecular complexity index is 2810. The normalized spacial score (nSPS) is 18.1. The summed E-state index contributed by atoms with van der Waals surface area (Å²) in [5.41, 5.74) is 19.3. The van der Waals surface area contributed by atoms with E-state index in [0.29, 0.717) is 0 Å². The largest absolute Gasteiger partial charge is 0.376 e. The summed E-state index contributed by atoms with van der Waals surface area (Å²) in [5.74, 6) is 0. The van der Waals surface area contributed by atoms with Gasteiger partial charge in [0.05, 0.1) is 5.69 Å². The van der Waals surface area contributed by atoms with E-state index >= 15 is 0 Å². The molecule has 7 aromatic rings. The molecular formula is C51H49BN2S. The SMILES string of the molecule is CC(C)(C)c1cc2c3c(c1)N1c4ccccc4C(C)(C)c4cccc(c41)B3N(c1ccc3c(c1)C(C)(C)CCC3(C)C)c1cc3c(cc1-2)sc1ccccc13. The van der Waals surface area contributed by atoms with Crippen molar-refractivity contribution in [3.63, 3.8) is 0 Å². The first kappa shape index (κ1) is 33.5. The first-order chi connectivity index (χ1) is 26.1. The van der Waals surface area contributed by atoms with E-state index < -0.39 is 0 Å². The summed E-state index contributed by atoms with van der Waals surface area (Å²) in [6, 6.07) is 43.0. The highest BCUT2D eigenvalue weighted by molar-refractivity contribution is 7.25. The minimum Gasteiger partial charge on any atom is -0.376 e. The smallest absolute Gasteiger partial charge is 0.333 e. The van der Waals surface area contributed by atoms with Crippen LogP contribution < -0.4 is 20.6 Å². The first-order valence-corrected chi connectivity index (χ1v) is 21.1. The van der Waals surface area contributed by atoms with Gasteiger partial charge in [-0.25, -0.2) is 0 Å². The molecule has 4 heterocycles. The van der Waals surface area contributed by atoms with Gasteiger partial charge in [0.2, 0.25) is 0 Å². The van der Waals surface area contributed by atoms with Crippen molar-refractivity contribution < 1.29 is 0 Å². The van der Waals surface area contributed by atoms with E-state index in [0.717, 1.165) is 0 Å². The predicted octanol–water partition coefficient (Wildman–Crippen LogP) is 13.0. The Labute approximate surface area is 330 Å².